The molecule has 1 unspecified atom stereocenters. The van der Waals surface area contributed by atoms with Crippen LogP contribution in [0.2, 0.25) is 5.02 Å². The Kier molecular flexibility index (Phi) is 6.75. The maximum absolute atomic E-state index is 12.8. The normalized spacial score (nSPS) is 15.4. The first-order valence-electron chi connectivity index (χ1n) is 10.7. The SMILES string of the molecule is Cc1ccc(N2CCC(NC(=O)CC(=O)Nc3ccc(-c4ccccc4)cc3)C2=O)c(Cl)c1. The Morgan fingerprint density at radius 2 is 1.67 bits per heavy atom. The summed E-state index contributed by atoms with van der Waals surface area (Å²) in [6.07, 6.45) is 0.0901. The summed E-state index contributed by atoms with van der Waals surface area (Å²) in [6, 6.07) is 22.1. The average molecular weight is 462 g/mol. The van der Waals surface area contributed by atoms with Crippen molar-refractivity contribution in [2.24, 2.45) is 0 Å². The summed E-state index contributed by atoms with van der Waals surface area (Å²) in [5.41, 5.74) is 4.34. The summed E-state index contributed by atoms with van der Waals surface area (Å²) in [4.78, 5) is 39.0. The van der Waals surface area contributed by atoms with Crippen molar-refractivity contribution in [2.45, 2.75) is 25.8 Å². The van der Waals surface area contributed by atoms with Gasteiger partial charge in [0.2, 0.25) is 17.7 Å². The molecule has 1 fully saturated rings. The Balaban J connectivity index is 1.30. The van der Waals surface area contributed by atoms with Gasteiger partial charge in [0, 0.05) is 12.2 Å². The maximum Gasteiger partial charge on any atom is 0.249 e. The van der Waals surface area contributed by atoms with Crippen LogP contribution in [0.4, 0.5) is 11.4 Å². The van der Waals surface area contributed by atoms with E-state index in [2.05, 4.69) is 10.6 Å². The lowest BCUT2D eigenvalue weighted by Crippen LogP contribution is -2.42. The highest BCUT2D eigenvalue weighted by molar-refractivity contribution is 6.34. The molecule has 1 aliphatic heterocycles. The molecule has 3 amide bonds. The summed E-state index contributed by atoms with van der Waals surface area (Å²) in [5.74, 6) is -1.17. The minimum absolute atomic E-state index is 0.231. The molecule has 0 radical (unpaired) electrons. The third-order valence-electron chi connectivity index (χ3n) is 5.53. The Hall–Kier alpha value is -3.64. The third kappa shape index (κ3) is 5.41. The quantitative estimate of drug-likeness (QED) is 0.528. The molecule has 3 aromatic rings. The standard InChI is InChI=1S/C26H24ClN3O3/c1-17-7-12-23(21(27)15-17)30-14-13-22(26(30)33)29-25(32)16-24(31)28-20-10-8-19(9-11-20)18-5-3-2-4-6-18/h2-12,15,22H,13-14,16H2,1H3,(H,28,31)(H,29,32). The first kappa shape index (κ1) is 22.6. The fourth-order valence-corrected chi connectivity index (χ4v) is 4.19. The zero-order valence-corrected chi connectivity index (χ0v) is 18.9. The molecule has 0 bridgehead atoms. The highest BCUT2D eigenvalue weighted by atomic mass is 35.5. The van der Waals surface area contributed by atoms with E-state index in [4.69, 9.17) is 11.6 Å². The lowest BCUT2D eigenvalue weighted by Gasteiger charge is -2.19. The van der Waals surface area contributed by atoms with Gasteiger partial charge in [0.05, 0.1) is 10.7 Å². The van der Waals surface area contributed by atoms with Crippen LogP contribution < -0.4 is 15.5 Å². The van der Waals surface area contributed by atoms with Gasteiger partial charge in [-0.2, -0.15) is 0 Å². The van der Waals surface area contributed by atoms with E-state index < -0.39 is 17.9 Å². The fourth-order valence-electron chi connectivity index (χ4n) is 3.86. The van der Waals surface area contributed by atoms with Crippen molar-refractivity contribution in [2.75, 3.05) is 16.8 Å². The molecule has 168 valence electrons. The highest BCUT2D eigenvalue weighted by Crippen LogP contribution is 2.30. The number of nitrogens with one attached hydrogen (secondary N) is 2. The number of benzene rings is 3. The van der Waals surface area contributed by atoms with Gasteiger partial charge < -0.3 is 15.5 Å². The van der Waals surface area contributed by atoms with Crippen LogP contribution in [-0.4, -0.2) is 30.3 Å². The van der Waals surface area contributed by atoms with Gasteiger partial charge in [0.1, 0.15) is 12.5 Å². The zero-order chi connectivity index (χ0) is 23.4. The van der Waals surface area contributed by atoms with Crippen LogP contribution in [0.3, 0.4) is 0 Å². The summed E-state index contributed by atoms with van der Waals surface area (Å²) < 4.78 is 0. The van der Waals surface area contributed by atoms with Crippen molar-refractivity contribution in [3.8, 4) is 11.1 Å². The predicted octanol–water partition coefficient (Wildman–Crippen LogP) is 4.57. The van der Waals surface area contributed by atoms with Crippen molar-refractivity contribution in [1.29, 1.82) is 0 Å². The van der Waals surface area contributed by atoms with Crippen molar-refractivity contribution >= 4 is 40.7 Å². The molecule has 0 aliphatic carbocycles. The zero-order valence-electron chi connectivity index (χ0n) is 18.2. The molecule has 1 atom stereocenters. The van der Waals surface area contributed by atoms with Crippen LogP contribution in [0.25, 0.3) is 11.1 Å². The van der Waals surface area contributed by atoms with Gasteiger partial charge in [0.15, 0.2) is 0 Å². The van der Waals surface area contributed by atoms with E-state index in [1.54, 1.807) is 29.2 Å². The molecule has 3 aromatic carbocycles. The smallest absolute Gasteiger partial charge is 0.249 e. The number of carbonyl (C=O) groups is 3. The molecule has 2 N–H and O–H groups in total. The molecule has 6 nitrogen and oxygen atoms in total. The molecule has 0 aromatic heterocycles. The van der Waals surface area contributed by atoms with Gasteiger partial charge in [-0.05, 0) is 54.3 Å². The Morgan fingerprint density at radius 1 is 0.970 bits per heavy atom. The topological polar surface area (TPSA) is 78.5 Å². The van der Waals surface area contributed by atoms with E-state index >= 15 is 0 Å². The number of aryl methyl sites for hydroxylation is 1. The highest BCUT2D eigenvalue weighted by Gasteiger charge is 2.34. The summed E-state index contributed by atoms with van der Waals surface area (Å²) >= 11 is 6.28. The number of rotatable bonds is 6. The van der Waals surface area contributed by atoms with Crippen molar-refractivity contribution < 1.29 is 14.4 Å². The Bertz CT molecular complexity index is 1180. The van der Waals surface area contributed by atoms with Crippen LogP contribution >= 0.6 is 11.6 Å². The average Bonchev–Trinajstić information content (AvgIpc) is 3.14. The van der Waals surface area contributed by atoms with Gasteiger partial charge >= 0.3 is 0 Å². The van der Waals surface area contributed by atoms with Crippen molar-refractivity contribution in [3.63, 3.8) is 0 Å². The summed E-state index contributed by atoms with van der Waals surface area (Å²) in [7, 11) is 0. The van der Waals surface area contributed by atoms with E-state index in [9.17, 15) is 14.4 Å². The van der Waals surface area contributed by atoms with Gasteiger partial charge in [-0.25, -0.2) is 0 Å². The van der Waals surface area contributed by atoms with E-state index in [1.807, 2.05) is 55.5 Å². The van der Waals surface area contributed by atoms with Crippen molar-refractivity contribution in [3.05, 3.63) is 83.4 Å². The molecule has 0 saturated carbocycles. The van der Waals surface area contributed by atoms with Crippen molar-refractivity contribution in [1.82, 2.24) is 5.32 Å². The molecule has 33 heavy (non-hydrogen) atoms. The number of hydrogen-bond donors (Lipinski definition) is 2. The molecular formula is C26H24ClN3O3. The van der Waals surface area contributed by atoms with Gasteiger partial charge in [-0.1, -0.05) is 60.1 Å². The first-order valence-corrected chi connectivity index (χ1v) is 11.1. The summed E-state index contributed by atoms with van der Waals surface area (Å²) in [5, 5.41) is 5.89. The second kappa shape index (κ2) is 9.88. The van der Waals surface area contributed by atoms with Crippen LogP contribution in [0, 0.1) is 6.92 Å². The molecule has 1 saturated heterocycles. The molecule has 4 rings (SSSR count). The van der Waals surface area contributed by atoms with E-state index in [1.165, 1.54) is 0 Å². The molecule has 0 spiro atoms. The number of nitrogens with zero attached hydrogens (tertiary/aromatic N) is 1. The second-order valence-corrected chi connectivity index (χ2v) is 8.43. The van der Waals surface area contributed by atoms with Crippen LogP contribution in [0.1, 0.15) is 18.4 Å². The molecule has 1 aliphatic rings. The van der Waals surface area contributed by atoms with E-state index in [0.29, 0.717) is 29.4 Å². The number of carbonyl (C=O) groups excluding carboxylic acids is 3. The molecule has 1 heterocycles. The fraction of sp³-hybridized carbons (Fsp3) is 0.192. The third-order valence-corrected chi connectivity index (χ3v) is 5.83. The second-order valence-electron chi connectivity index (χ2n) is 8.02. The molecular weight excluding hydrogens is 438 g/mol. The summed E-state index contributed by atoms with van der Waals surface area (Å²) in [6.45, 7) is 2.37. The predicted molar refractivity (Wildman–Crippen MR) is 130 cm³/mol. The maximum atomic E-state index is 12.8. The number of amides is 3. The monoisotopic (exact) mass is 461 g/mol. The van der Waals surface area contributed by atoms with Crippen LogP contribution in [0.5, 0.6) is 0 Å². The molecule has 7 heteroatoms. The van der Waals surface area contributed by atoms with Crippen LogP contribution in [0.15, 0.2) is 72.8 Å². The van der Waals surface area contributed by atoms with Gasteiger partial charge in [-0.15, -0.1) is 0 Å². The van der Waals surface area contributed by atoms with E-state index in [-0.39, 0.29) is 12.3 Å². The van der Waals surface area contributed by atoms with Gasteiger partial charge in [0.25, 0.3) is 0 Å². The number of halogens is 1. The lowest BCUT2D eigenvalue weighted by atomic mass is 10.1. The lowest BCUT2D eigenvalue weighted by molar-refractivity contribution is -0.129. The minimum Gasteiger partial charge on any atom is -0.344 e. The van der Waals surface area contributed by atoms with E-state index in [0.717, 1.165) is 16.7 Å². The Morgan fingerprint density at radius 3 is 2.36 bits per heavy atom. The minimum atomic E-state index is -0.673. The van der Waals surface area contributed by atoms with Gasteiger partial charge in [-0.3, -0.25) is 14.4 Å². The number of anilines is 2. The number of hydrogen-bond acceptors (Lipinski definition) is 3. The largest absolute Gasteiger partial charge is 0.344 e. The Labute approximate surface area is 197 Å². The first-order chi connectivity index (χ1) is 15.9. The van der Waals surface area contributed by atoms with Crippen LogP contribution in [-0.2, 0) is 14.4 Å².